The largest absolute Gasteiger partial charge is 0.434 e. The molecule has 0 amide bonds. The van der Waals surface area contributed by atoms with Crippen molar-refractivity contribution in [2.24, 2.45) is 0 Å². The van der Waals surface area contributed by atoms with Gasteiger partial charge >= 0.3 is 5.60 Å². The van der Waals surface area contributed by atoms with Gasteiger partial charge in [-0.1, -0.05) is 78.6 Å². The van der Waals surface area contributed by atoms with Crippen molar-refractivity contribution >= 4 is 10.2 Å². The Morgan fingerprint density at radius 3 is 1.10 bits per heavy atom. The van der Waals surface area contributed by atoms with Gasteiger partial charge in [0.1, 0.15) is 0 Å². The summed E-state index contributed by atoms with van der Waals surface area (Å²) in [5.41, 5.74) is -1.32. The molecule has 0 aromatic rings. The maximum absolute atomic E-state index is 5.71. The van der Waals surface area contributed by atoms with Crippen LogP contribution in [0, 0.1) is 0 Å². The number of unbranched alkanes of at least 4 members (excludes halogenated alkanes) is 12. The lowest BCUT2D eigenvalue weighted by molar-refractivity contribution is -0.254. The van der Waals surface area contributed by atoms with Crippen LogP contribution in [0.2, 0.25) is 0 Å². The first kappa shape index (κ1) is 27.8. The fourth-order valence-electron chi connectivity index (χ4n) is 2.77. The minimum Gasteiger partial charge on any atom is -0.434 e. The van der Waals surface area contributed by atoms with Crippen molar-refractivity contribution in [3.63, 3.8) is 0 Å². The summed E-state index contributed by atoms with van der Waals surface area (Å²) in [6.07, 6.45) is 29.0. The molecule has 29 heavy (non-hydrogen) atoms. The third kappa shape index (κ3) is 19.9. The monoisotopic (exact) mass is 421 g/mol. The van der Waals surface area contributed by atoms with Crippen molar-refractivity contribution in [1.29, 1.82) is 0 Å². The Kier molecular flexibility index (Phi) is 20.7. The fourth-order valence-corrected chi connectivity index (χ4v) is 2.97. The van der Waals surface area contributed by atoms with Gasteiger partial charge in [-0.25, -0.2) is 0 Å². The first-order valence-corrected chi connectivity index (χ1v) is 12.4. The van der Waals surface area contributed by atoms with Crippen molar-refractivity contribution in [2.45, 2.75) is 123 Å². The Bertz CT molecular complexity index is 358. The first-order valence-electron chi connectivity index (χ1n) is 11.9. The predicted molar refractivity (Wildman–Crippen MR) is 125 cm³/mol. The maximum atomic E-state index is 5.71. The highest BCUT2D eigenvalue weighted by molar-refractivity contribution is 6.12. The molecule has 0 aromatic heterocycles. The van der Waals surface area contributed by atoms with E-state index in [0.717, 1.165) is 19.3 Å². The number of ether oxygens (including phenoxy) is 3. The molecule has 0 N–H and O–H groups in total. The van der Waals surface area contributed by atoms with Gasteiger partial charge in [-0.2, -0.15) is 0 Å². The molecule has 0 aliphatic carbocycles. The summed E-state index contributed by atoms with van der Waals surface area (Å²) in [5.74, 6) is 0. The molecule has 0 rings (SSSR count). The normalized spacial score (nSPS) is 14.1. The first-order chi connectivity index (χ1) is 14.2. The summed E-state index contributed by atoms with van der Waals surface area (Å²) in [6, 6.07) is 0. The molecular formula is C25H45O3Si. The Hall–Kier alpha value is -1.16. The van der Waals surface area contributed by atoms with E-state index in [-0.39, 0.29) is 0 Å². The molecule has 0 aliphatic rings. The van der Waals surface area contributed by atoms with Crippen LogP contribution in [0.5, 0.6) is 0 Å². The van der Waals surface area contributed by atoms with Crippen LogP contribution in [-0.2, 0) is 14.2 Å². The summed E-state index contributed by atoms with van der Waals surface area (Å²) in [6.45, 7) is 6.67. The van der Waals surface area contributed by atoms with Gasteiger partial charge in [0.25, 0.3) is 0 Å². The second kappa shape index (κ2) is 21.5. The summed E-state index contributed by atoms with van der Waals surface area (Å²) in [5, 5.41) is 0. The molecule has 0 bridgehead atoms. The van der Waals surface area contributed by atoms with E-state index in [2.05, 4.69) is 31.0 Å². The standard InChI is InChI=1S/C25H45O3Si/c1-4-7-10-13-16-19-22-26-25(29,27-23-20-17-14-11-8-5-2)28-24-21-18-15-12-9-6-3/h19-24H,4-18H2,1-3H3. The number of rotatable bonds is 21. The van der Waals surface area contributed by atoms with Crippen LogP contribution in [0.15, 0.2) is 37.0 Å². The van der Waals surface area contributed by atoms with Gasteiger partial charge in [0, 0.05) is 0 Å². The van der Waals surface area contributed by atoms with Crippen LogP contribution in [0.4, 0.5) is 0 Å². The Balaban J connectivity index is 4.38. The Morgan fingerprint density at radius 1 is 0.517 bits per heavy atom. The molecule has 0 spiro atoms. The van der Waals surface area contributed by atoms with Crippen molar-refractivity contribution in [1.82, 2.24) is 0 Å². The molecule has 0 aliphatic heterocycles. The molecule has 167 valence electrons. The second-order valence-electron chi connectivity index (χ2n) is 7.57. The SMILES string of the molecule is CCCCCCC=COC([Si])(OC=CCCCCCC)OC=CCCCCCC. The van der Waals surface area contributed by atoms with Crippen molar-refractivity contribution in [3.8, 4) is 0 Å². The van der Waals surface area contributed by atoms with E-state index in [1.54, 1.807) is 18.8 Å². The van der Waals surface area contributed by atoms with Gasteiger partial charge in [-0.15, -0.1) is 0 Å². The summed E-state index contributed by atoms with van der Waals surface area (Å²) >= 11 is 0. The zero-order chi connectivity index (χ0) is 21.5. The molecule has 4 heteroatoms. The minimum absolute atomic E-state index is 1.00. The molecule has 0 saturated heterocycles. The summed E-state index contributed by atoms with van der Waals surface area (Å²) in [4.78, 5) is 0. The van der Waals surface area contributed by atoms with E-state index in [0.29, 0.717) is 0 Å². The highest BCUT2D eigenvalue weighted by Gasteiger charge is 2.26. The van der Waals surface area contributed by atoms with Gasteiger partial charge in [-0.05, 0) is 56.8 Å². The average molecular weight is 422 g/mol. The van der Waals surface area contributed by atoms with Crippen LogP contribution in [0.3, 0.4) is 0 Å². The van der Waals surface area contributed by atoms with E-state index in [9.17, 15) is 0 Å². The van der Waals surface area contributed by atoms with Crippen LogP contribution in [-0.4, -0.2) is 15.8 Å². The molecule has 0 heterocycles. The highest BCUT2D eigenvalue weighted by atomic mass is 28.1. The third-order valence-corrected chi connectivity index (χ3v) is 4.98. The topological polar surface area (TPSA) is 27.7 Å². The van der Waals surface area contributed by atoms with Crippen molar-refractivity contribution < 1.29 is 14.2 Å². The van der Waals surface area contributed by atoms with Crippen LogP contribution in [0.1, 0.15) is 117 Å². The van der Waals surface area contributed by atoms with Gasteiger partial charge in [0.05, 0.1) is 18.8 Å². The zero-order valence-electron chi connectivity index (χ0n) is 19.3. The van der Waals surface area contributed by atoms with Crippen LogP contribution >= 0.6 is 0 Å². The van der Waals surface area contributed by atoms with E-state index >= 15 is 0 Å². The van der Waals surface area contributed by atoms with E-state index in [1.807, 2.05) is 18.2 Å². The van der Waals surface area contributed by atoms with E-state index in [4.69, 9.17) is 14.2 Å². The smallest absolute Gasteiger partial charge is 0.370 e. The summed E-state index contributed by atoms with van der Waals surface area (Å²) < 4.78 is 17.1. The average Bonchev–Trinajstić information content (AvgIpc) is 2.72. The predicted octanol–water partition coefficient (Wildman–Crippen LogP) is 8.27. The Morgan fingerprint density at radius 2 is 0.828 bits per heavy atom. The Labute approximate surface area is 184 Å². The quantitative estimate of drug-likeness (QED) is 0.0807. The molecule has 3 nitrogen and oxygen atoms in total. The van der Waals surface area contributed by atoms with Crippen LogP contribution < -0.4 is 0 Å². The van der Waals surface area contributed by atoms with Crippen molar-refractivity contribution in [3.05, 3.63) is 37.0 Å². The fraction of sp³-hybridized carbons (Fsp3) is 0.760. The van der Waals surface area contributed by atoms with E-state index < -0.39 is 5.60 Å². The molecule has 0 aromatic carbocycles. The molecule has 0 fully saturated rings. The van der Waals surface area contributed by atoms with Gasteiger partial charge in [0.15, 0.2) is 0 Å². The lowest BCUT2D eigenvalue weighted by atomic mass is 10.1. The molecule has 0 atom stereocenters. The molecule has 0 unspecified atom stereocenters. The highest BCUT2D eigenvalue weighted by Crippen LogP contribution is 2.15. The van der Waals surface area contributed by atoms with Crippen molar-refractivity contribution in [2.75, 3.05) is 0 Å². The van der Waals surface area contributed by atoms with Gasteiger partial charge in [0.2, 0.25) is 10.2 Å². The third-order valence-electron chi connectivity index (χ3n) is 4.63. The number of hydrogen-bond donors (Lipinski definition) is 0. The lowest BCUT2D eigenvalue weighted by Gasteiger charge is -2.27. The van der Waals surface area contributed by atoms with Crippen LogP contribution in [0.25, 0.3) is 0 Å². The lowest BCUT2D eigenvalue weighted by Crippen LogP contribution is -2.35. The maximum Gasteiger partial charge on any atom is 0.370 e. The second-order valence-corrected chi connectivity index (χ2v) is 8.19. The molecule has 0 saturated carbocycles. The van der Waals surface area contributed by atoms with Gasteiger partial charge in [-0.3, -0.25) is 0 Å². The van der Waals surface area contributed by atoms with E-state index in [1.165, 1.54) is 77.0 Å². The summed E-state index contributed by atoms with van der Waals surface area (Å²) in [7, 11) is 3.51. The zero-order valence-corrected chi connectivity index (χ0v) is 20.3. The number of hydrogen-bond acceptors (Lipinski definition) is 3. The van der Waals surface area contributed by atoms with Gasteiger partial charge < -0.3 is 14.2 Å². The molecule has 3 radical (unpaired) electrons. The molecular weight excluding hydrogens is 376 g/mol. The minimum atomic E-state index is -1.32. The number of allylic oxidation sites excluding steroid dienone is 3.